The number of allylic oxidation sites excluding steroid dienone is 1. The molecule has 1 spiro atoms. The molecule has 1 fully saturated rings. The van der Waals surface area contributed by atoms with E-state index >= 15 is 0 Å². The zero-order valence-electron chi connectivity index (χ0n) is 12.8. The van der Waals surface area contributed by atoms with Gasteiger partial charge in [0.1, 0.15) is 0 Å². The third-order valence-electron chi connectivity index (χ3n) is 6.04. The first kappa shape index (κ1) is 13.1. The van der Waals surface area contributed by atoms with Crippen LogP contribution in [0.1, 0.15) is 28.5 Å². The van der Waals surface area contributed by atoms with Crippen LogP contribution in [0.15, 0.2) is 66.2 Å². The van der Waals surface area contributed by atoms with Gasteiger partial charge in [0.25, 0.3) is 0 Å². The molecule has 0 aromatic heterocycles. The fourth-order valence-corrected chi connectivity index (χ4v) is 5.02. The van der Waals surface area contributed by atoms with Gasteiger partial charge in [-0.1, -0.05) is 60.7 Å². The summed E-state index contributed by atoms with van der Waals surface area (Å²) >= 11 is 0. The van der Waals surface area contributed by atoms with Gasteiger partial charge in [-0.3, -0.25) is 0 Å². The molecule has 23 heavy (non-hydrogen) atoms. The summed E-state index contributed by atoms with van der Waals surface area (Å²) in [5.74, 6) is 0.994. The highest BCUT2D eigenvalue weighted by molar-refractivity contribution is 5.58. The van der Waals surface area contributed by atoms with Crippen LogP contribution in [0.3, 0.4) is 0 Å². The molecule has 2 aromatic carbocycles. The fraction of sp³-hybridized carbons (Fsp3) is 0.286. The van der Waals surface area contributed by atoms with E-state index in [9.17, 15) is 5.26 Å². The third-order valence-corrected chi connectivity index (χ3v) is 6.04. The van der Waals surface area contributed by atoms with Crippen LogP contribution in [0, 0.1) is 22.7 Å². The van der Waals surface area contributed by atoms with E-state index in [-0.39, 0.29) is 5.41 Å². The summed E-state index contributed by atoms with van der Waals surface area (Å²) in [6.07, 6.45) is 2.15. The van der Waals surface area contributed by atoms with Gasteiger partial charge in [-0.2, -0.15) is 5.26 Å². The van der Waals surface area contributed by atoms with Crippen molar-refractivity contribution in [1.82, 2.24) is 0 Å². The van der Waals surface area contributed by atoms with E-state index in [4.69, 9.17) is 4.74 Å². The Morgan fingerprint density at radius 2 is 1.74 bits per heavy atom. The molecule has 0 radical (unpaired) electrons. The van der Waals surface area contributed by atoms with E-state index in [0.29, 0.717) is 24.4 Å². The first-order chi connectivity index (χ1) is 11.4. The quantitative estimate of drug-likeness (QED) is 0.797. The molecule has 0 N–H and O–H groups in total. The summed E-state index contributed by atoms with van der Waals surface area (Å²) < 4.78 is 5.94. The van der Waals surface area contributed by atoms with Crippen LogP contribution in [-0.4, -0.2) is 13.2 Å². The summed E-state index contributed by atoms with van der Waals surface area (Å²) in [7, 11) is 0. The Balaban J connectivity index is 1.77. The number of nitriles is 1. The zero-order valence-corrected chi connectivity index (χ0v) is 12.8. The molecule has 3 aliphatic rings. The van der Waals surface area contributed by atoms with Gasteiger partial charge in [-0.05, 0) is 16.7 Å². The average molecular weight is 299 g/mol. The summed E-state index contributed by atoms with van der Waals surface area (Å²) in [5, 5.41) is 9.60. The Bertz CT molecular complexity index is 848. The number of benzene rings is 2. The van der Waals surface area contributed by atoms with Crippen LogP contribution in [0.5, 0.6) is 0 Å². The average Bonchev–Trinajstić information content (AvgIpc) is 3.04. The van der Waals surface area contributed by atoms with Crippen LogP contribution in [-0.2, 0) is 4.74 Å². The minimum Gasteiger partial charge on any atom is -0.380 e. The second-order valence-electron chi connectivity index (χ2n) is 6.85. The molecule has 112 valence electrons. The maximum Gasteiger partial charge on any atom is 0.0951 e. The van der Waals surface area contributed by atoms with Crippen molar-refractivity contribution in [1.29, 1.82) is 5.26 Å². The topological polar surface area (TPSA) is 33.0 Å². The van der Waals surface area contributed by atoms with Gasteiger partial charge in [0.15, 0.2) is 0 Å². The minimum atomic E-state index is -0.108. The number of nitrogens with zero attached hydrogens (tertiary/aromatic N) is 1. The van der Waals surface area contributed by atoms with Gasteiger partial charge >= 0.3 is 0 Å². The SMILES string of the molecule is N#CC1=C[C@H]2c3ccccc3[C@@H](c3ccccc3)[C@H]3COC[C@@]132. The van der Waals surface area contributed by atoms with E-state index < -0.39 is 0 Å². The zero-order chi connectivity index (χ0) is 15.4. The molecule has 1 aliphatic heterocycles. The fourth-order valence-electron chi connectivity index (χ4n) is 5.02. The molecule has 2 heteroatoms. The Kier molecular flexibility index (Phi) is 2.60. The lowest BCUT2D eigenvalue weighted by atomic mass is 9.47. The molecule has 1 heterocycles. The van der Waals surface area contributed by atoms with E-state index in [1.54, 1.807) is 0 Å². The van der Waals surface area contributed by atoms with E-state index in [1.165, 1.54) is 16.7 Å². The summed E-state index contributed by atoms with van der Waals surface area (Å²) in [6, 6.07) is 21.9. The normalized spacial score (nSPS) is 33.5. The van der Waals surface area contributed by atoms with Gasteiger partial charge in [-0.25, -0.2) is 0 Å². The van der Waals surface area contributed by atoms with Crippen LogP contribution in [0.2, 0.25) is 0 Å². The molecule has 0 unspecified atom stereocenters. The van der Waals surface area contributed by atoms with Crippen molar-refractivity contribution in [3.63, 3.8) is 0 Å². The molecule has 5 rings (SSSR count). The Morgan fingerprint density at radius 3 is 2.52 bits per heavy atom. The third kappa shape index (κ3) is 1.51. The number of hydrogen-bond acceptors (Lipinski definition) is 2. The minimum absolute atomic E-state index is 0.108. The van der Waals surface area contributed by atoms with Crippen molar-refractivity contribution in [3.8, 4) is 6.07 Å². The molecule has 2 aliphatic carbocycles. The molecule has 2 nitrogen and oxygen atoms in total. The van der Waals surface area contributed by atoms with Crippen molar-refractivity contribution in [3.05, 3.63) is 82.9 Å². The van der Waals surface area contributed by atoms with Gasteiger partial charge in [0, 0.05) is 28.7 Å². The van der Waals surface area contributed by atoms with Crippen LogP contribution >= 0.6 is 0 Å². The van der Waals surface area contributed by atoms with Crippen molar-refractivity contribution < 1.29 is 4.74 Å². The first-order valence-corrected chi connectivity index (χ1v) is 8.20. The lowest BCUT2D eigenvalue weighted by Gasteiger charge is -2.53. The number of rotatable bonds is 1. The molecule has 1 saturated heterocycles. The monoisotopic (exact) mass is 299 g/mol. The highest BCUT2D eigenvalue weighted by atomic mass is 16.5. The van der Waals surface area contributed by atoms with Gasteiger partial charge in [-0.15, -0.1) is 0 Å². The molecule has 0 amide bonds. The second kappa shape index (κ2) is 4.57. The standard InChI is InChI=1S/C21H17NO/c22-11-15-10-18-16-8-4-5-9-17(16)20(14-6-2-1-3-7-14)19-12-23-13-21(15,18)19/h1-10,18-20H,12-13H2/t18-,19+,20+,21-/m0/s1. The molecule has 0 bridgehead atoms. The second-order valence-corrected chi connectivity index (χ2v) is 6.85. The van der Waals surface area contributed by atoms with E-state index in [1.807, 2.05) is 0 Å². The lowest BCUT2D eigenvalue weighted by Crippen LogP contribution is -2.49. The largest absolute Gasteiger partial charge is 0.380 e. The molecular weight excluding hydrogens is 282 g/mol. The van der Waals surface area contributed by atoms with Gasteiger partial charge < -0.3 is 4.74 Å². The van der Waals surface area contributed by atoms with Gasteiger partial charge in [0.2, 0.25) is 0 Å². The summed E-state index contributed by atoms with van der Waals surface area (Å²) in [6.45, 7) is 1.42. The van der Waals surface area contributed by atoms with Crippen molar-refractivity contribution in [2.75, 3.05) is 13.2 Å². The van der Waals surface area contributed by atoms with Crippen molar-refractivity contribution in [2.24, 2.45) is 11.3 Å². The Labute approximate surface area is 136 Å². The van der Waals surface area contributed by atoms with E-state index in [2.05, 4.69) is 66.7 Å². The Morgan fingerprint density at radius 1 is 1.00 bits per heavy atom. The predicted molar refractivity (Wildman–Crippen MR) is 87.9 cm³/mol. The highest BCUT2D eigenvalue weighted by Gasteiger charge is 2.62. The number of hydrogen-bond donors (Lipinski definition) is 0. The summed E-state index contributed by atoms with van der Waals surface area (Å²) in [4.78, 5) is 0. The highest BCUT2D eigenvalue weighted by Crippen LogP contribution is 2.67. The van der Waals surface area contributed by atoms with Crippen LogP contribution in [0.4, 0.5) is 0 Å². The molecular formula is C21H17NO. The van der Waals surface area contributed by atoms with E-state index in [0.717, 1.165) is 12.2 Å². The van der Waals surface area contributed by atoms with Crippen molar-refractivity contribution in [2.45, 2.75) is 11.8 Å². The predicted octanol–water partition coefficient (Wildman–Crippen LogP) is 4.01. The maximum absolute atomic E-state index is 9.60. The van der Waals surface area contributed by atoms with Crippen LogP contribution in [0.25, 0.3) is 0 Å². The molecule has 4 atom stereocenters. The Hall–Kier alpha value is -2.37. The lowest BCUT2D eigenvalue weighted by molar-refractivity contribution is 0.146. The van der Waals surface area contributed by atoms with Crippen molar-refractivity contribution >= 4 is 0 Å². The van der Waals surface area contributed by atoms with Crippen LogP contribution < -0.4 is 0 Å². The summed E-state index contributed by atoms with van der Waals surface area (Å²) in [5.41, 5.74) is 4.94. The first-order valence-electron chi connectivity index (χ1n) is 8.20. The molecule has 2 aromatic rings. The smallest absolute Gasteiger partial charge is 0.0951 e. The molecule has 0 saturated carbocycles. The number of fused-ring (bicyclic) bond motifs is 2. The maximum atomic E-state index is 9.60. The van der Waals surface area contributed by atoms with Gasteiger partial charge in [0.05, 0.1) is 19.3 Å². The number of ether oxygens (including phenoxy) is 1.